The maximum absolute atomic E-state index is 13.0. The van der Waals surface area contributed by atoms with Crippen molar-refractivity contribution < 1.29 is 4.79 Å². The van der Waals surface area contributed by atoms with Crippen LogP contribution in [0.1, 0.15) is 39.9 Å². The molecule has 0 saturated heterocycles. The molecule has 5 rings (SSSR count). The number of aromatic amines is 1. The summed E-state index contributed by atoms with van der Waals surface area (Å²) in [6.45, 7) is 0.266. The van der Waals surface area contributed by atoms with Gasteiger partial charge in [0.05, 0.1) is 17.5 Å². The minimum atomic E-state index is -0.562. The van der Waals surface area contributed by atoms with Crippen molar-refractivity contribution in [3.63, 3.8) is 0 Å². The van der Waals surface area contributed by atoms with Crippen LogP contribution in [0.2, 0.25) is 0 Å². The zero-order valence-corrected chi connectivity index (χ0v) is 17.4. The van der Waals surface area contributed by atoms with Gasteiger partial charge in [-0.3, -0.25) is 19.1 Å². The van der Waals surface area contributed by atoms with Gasteiger partial charge >= 0.3 is 5.69 Å². The van der Waals surface area contributed by atoms with E-state index in [-0.39, 0.29) is 29.0 Å². The number of carbonyl (C=O) groups is 1. The second-order valence-corrected chi connectivity index (χ2v) is 8.03. The van der Waals surface area contributed by atoms with Crippen molar-refractivity contribution in [2.24, 2.45) is 0 Å². The smallest absolute Gasteiger partial charge is 0.322 e. The van der Waals surface area contributed by atoms with Crippen molar-refractivity contribution in [2.75, 3.05) is 5.32 Å². The number of carbonyl (C=O) groups excluding carboxylic acids is 1. The zero-order valence-electron chi connectivity index (χ0n) is 17.4. The lowest BCUT2D eigenvalue weighted by Gasteiger charge is -2.19. The van der Waals surface area contributed by atoms with Crippen LogP contribution in [-0.2, 0) is 19.4 Å². The van der Waals surface area contributed by atoms with Gasteiger partial charge in [-0.25, -0.2) is 9.78 Å². The predicted molar refractivity (Wildman–Crippen MR) is 123 cm³/mol. The van der Waals surface area contributed by atoms with Crippen molar-refractivity contribution in [1.29, 1.82) is 0 Å². The molecule has 0 aliphatic heterocycles. The van der Waals surface area contributed by atoms with Gasteiger partial charge in [-0.2, -0.15) is 0 Å². The molecule has 2 aromatic heterocycles. The van der Waals surface area contributed by atoms with Crippen LogP contribution < -0.4 is 16.6 Å². The third kappa shape index (κ3) is 3.73. The minimum absolute atomic E-state index is 0.197. The number of hydrogen-bond donors (Lipinski definition) is 2. The van der Waals surface area contributed by atoms with Gasteiger partial charge in [-0.15, -0.1) is 0 Å². The number of nitrogens with zero attached hydrogens (tertiary/aromatic N) is 2. The Labute approximate surface area is 183 Å². The maximum Gasteiger partial charge on any atom is 0.330 e. The lowest BCUT2D eigenvalue weighted by atomic mass is 9.90. The molecule has 0 fully saturated rings. The Bertz CT molecular complexity index is 1440. The number of benzene rings is 2. The van der Waals surface area contributed by atoms with E-state index in [4.69, 9.17) is 0 Å². The Hall–Kier alpha value is -4.00. The van der Waals surface area contributed by atoms with Crippen molar-refractivity contribution in [1.82, 2.24) is 14.5 Å². The first kappa shape index (κ1) is 19.9. The average molecular weight is 426 g/mol. The summed E-state index contributed by atoms with van der Waals surface area (Å²) in [5.41, 5.74) is 3.57. The molecule has 0 radical (unpaired) electrons. The largest absolute Gasteiger partial charge is 0.330 e. The Morgan fingerprint density at radius 3 is 2.69 bits per heavy atom. The van der Waals surface area contributed by atoms with E-state index >= 15 is 0 Å². The van der Waals surface area contributed by atoms with Crippen LogP contribution in [0.5, 0.6) is 0 Å². The monoisotopic (exact) mass is 426 g/mol. The summed E-state index contributed by atoms with van der Waals surface area (Å²) >= 11 is 0. The molecule has 1 amide bonds. The molecule has 7 nitrogen and oxygen atoms in total. The highest BCUT2D eigenvalue weighted by molar-refractivity contribution is 6.06. The molecule has 0 bridgehead atoms. The maximum atomic E-state index is 13.0. The van der Waals surface area contributed by atoms with Gasteiger partial charge in [0.25, 0.3) is 11.5 Å². The fraction of sp³-hybridized carbons (Fsp3) is 0.200. The Morgan fingerprint density at radius 2 is 1.84 bits per heavy atom. The van der Waals surface area contributed by atoms with Gasteiger partial charge in [0.1, 0.15) is 5.65 Å². The van der Waals surface area contributed by atoms with Crippen molar-refractivity contribution in [3.05, 3.63) is 104 Å². The number of aromatic nitrogens is 3. The van der Waals surface area contributed by atoms with E-state index in [2.05, 4.69) is 21.4 Å². The number of anilines is 1. The van der Waals surface area contributed by atoms with E-state index in [0.717, 1.165) is 36.9 Å². The van der Waals surface area contributed by atoms with Crippen molar-refractivity contribution in [3.8, 4) is 0 Å². The molecule has 0 atom stereocenters. The van der Waals surface area contributed by atoms with Crippen molar-refractivity contribution in [2.45, 2.75) is 32.2 Å². The molecule has 2 heterocycles. The molecule has 0 spiro atoms. The highest BCUT2D eigenvalue weighted by Gasteiger charge is 2.17. The summed E-state index contributed by atoms with van der Waals surface area (Å²) < 4.78 is 1.40. The second kappa shape index (κ2) is 8.26. The summed E-state index contributed by atoms with van der Waals surface area (Å²) in [5.74, 6) is -0.335. The van der Waals surface area contributed by atoms with Gasteiger partial charge in [-0.1, -0.05) is 42.5 Å². The average Bonchev–Trinajstić information content (AvgIpc) is 2.82. The minimum Gasteiger partial charge on any atom is -0.322 e. The summed E-state index contributed by atoms with van der Waals surface area (Å²) in [6.07, 6.45) is 5.63. The van der Waals surface area contributed by atoms with Crippen LogP contribution in [0.25, 0.3) is 11.0 Å². The molecular formula is C25H22N4O3. The van der Waals surface area contributed by atoms with E-state index < -0.39 is 11.2 Å². The zero-order chi connectivity index (χ0) is 22.1. The molecule has 4 aromatic rings. The Morgan fingerprint density at radius 1 is 1.03 bits per heavy atom. The number of H-pyrrole nitrogens is 1. The third-order valence-electron chi connectivity index (χ3n) is 5.92. The molecule has 0 saturated carbocycles. The first-order valence-electron chi connectivity index (χ1n) is 10.7. The molecule has 1 aliphatic carbocycles. The molecule has 0 unspecified atom stereocenters. The molecule has 1 aliphatic rings. The number of amides is 1. The summed E-state index contributed by atoms with van der Waals surface area (Å²) in [4.78, 5) is 44.6. The van der Waals surface area contributed by atoms with Gasteiger partial charge in [0, 0.05) is 11.9 Å². The van der Waals surface area contributed by atoms with Gasteiger partial charge < -0.3 is 5.32 Å². The fourth-order valence-corrected chi connectivity index (χ4v) is 4.30. The first-order valence-corrected chi connectivity index (χ1v) is 10.7. The summed E-state index contributed by atoms with van der Waals surface area (Å²) in [7, 11) is 0. The van der Waals surface area contributed by atoms with E-state index in [1.54, 1.807) is 0 Å². The summed E-state index contributed by atoms with van der Waals surface area (Å²) in [6, 6.07) is 16.9. The first-order chi connectivity index (χ1) is 15.6. The number of rotatable bonds is 4. The van der Waals surface area contributed by atoms with Crippen LogP contribution >= 0.6 is 0 Å². The van der Waals surface area contributed by atoms with Crippen LogP contribution in [0.3, 0.4) is 0 Å². The molecular weight excluding hydrogens is 404 g/mol. The predicted octanol–water partition coefficient (Wildman–Crippen LogP) is 3.26. The second-order valence-electron chi connectivity index (χ2n) is 8.03. The topological polar surface area (TPSA) is 96.8 Å². The lowest BCUT2D eigenvalue weighted by Crippen LogP contribution is -2.31. The number of fused-ring (bicyclic) bond motifs is 2. The number of hydrogen-bond acceptors (Lipinski definition) is 4. The van der Waals surface area contributed by atoms with Gasteiger partial charge in [0.15, 0.2) is 0 Å². The van der Waals surface area contributed by atoms with Crippen molar-refractivity contribution >= 4 is 22.6 Å². The molecule has 2 aromatic carbocycles. The van der Waals surface area contributed by atoms with Gasteiger partial charge in [0.2, 0.25) is 0 Å². The van der Waals surface area contributed by atoms with E-state index in [0.29, 0.717) is 0 Å². The normalized spacial score (nSPS) is 13.0. The summed E-state index contributed by atoms with van der Waals surface area (Å²) in [5, 5.41) is 3.17. The van der Waals surface area contributed by atoms with E-state index in [9.17, 15) is 14.4 Å². The molecule has 160 valence electrons. The Kier molecular flexibility index (Phi) is 5.15. The molecule has 32 heavy (non-hydrogen) atoms. The van der Waals surface area contributed by atoms with Crippen LogP contribution in [0.4, 0.5) is 5.69 Å². The molecule has 2 N–H and O–H groups in total. The highest BCUT2D eigenvalue weighted by Crippen LogP contribution is 2.28. The fourth-order valence-electron chi connectivity index (χ4n) is 4.30. The number of nitrogens with one attached hydrogen (secondary N) is 2. The lowest BCUT2D eigenvalue weighted by molar-refractivity contribution is 0.102. The standard InChI is InChI=1S/C25H22N4O3/c30-23(27-21-12-6-10-17-9-4-5-11-19(17)21)18-13-20-22(26-14-18)29(25(32)28-24(20)31)15-16-7-2-1-3-8-16/h1-3,6-8,10,12-14H,4-5,9,11,15H2,(H,27,30)(H,28,31,32). The number of pyridine rings is 1. The van der Waals surface area contributed by atoms with E-state index in [1.807, 2.05) is 42.5 Å². The molecule has 7 heteroatoms. The Balaban J connectivity index is 1.50. The van der Waals surface area contributed by atoms with Crippen LogP contribution in [0.15, 0.2) is 70.4 Å². The van der Waals surface area contributed by atoms with Crippen LogP contribution in [-0.4, -0.2) is 20.4 Å². The quantitative estimate of drug-likeness (QED) is 0.523. The third-order valence-corrected chi connectivity index (χ3v) is 5.92. The SMILES string of the molecule is O=C(Nc1cccc2c1CCCC2)c1cnc2c(c1)c(=O)[nH]c(=O)n2Cc1ccccc1. The highest BCUT2D eigenvalue weighted by atomic mass is 16.2. The van der Waals surface area contributed by atoms with E-state index in [1.165, 1.54) is 28.0 Å². The number of aryl methyl sites for hydroxylation is 1. The van der Waals surface area contributed by atoms with Crippen LogP contribution in [0, 0.1) is 0 Å². The van der Waals surface area contributed by atoms with Gasteiger partial charge in [-0.05, 0) is 54.5 Å².